The normalized spacial score (nSPS) is 13.6. The van der Waals surface area contributed by atoms with Crippen molar-refractivity contribution >= 4 is 34.6 Å². The molecule has 0 bridgehead atoms. The molecule has 0 spiro atoms. The van der Waals surface area contributed by atoms with Crippen molar-refractivity contribution in [1.29, 1.82) is 0 Å². The Hall–Kier alpha value is -2.04. The van der Waals surface area contributed by atoms with Crippen molar-refractivity contribution in [2.24, 2.45) is 9.98 Å². The van der Waals surface area contributed by atoms with Crippen LogP contribution in [0, 0.1) is 0 Å². The average molecular weight is 349 g/mol. The average Bonchev–Trinajstić information content (AvgIpc) is 3.06. The first-order chi connectivity index (χ1) is 11.1. The zero-order valence-electron chi connectivity index (χ0n) is 12.6. The van der Waals surface area contributed by atoms with E-state index in [0.29, 0.717) is 28.2 Å². The van der Waals surface area contributed by atoms with Gasteiger partial charge in [0.15, 0.2) is 11.5 Å². The Morgan fingerprint density at radius 1 is 0.783 bits per heavy atom. The molecule has 0 saturated heterocycles. The fraction of sp³-hybridized carbons (Fsp3) is 0.176. The summed E-state index contributed by atoms with van der Waals surface area (Å²) in [6.07, 6.45) is 0. The molecule has 0 fully saturated rings. The number of hydrogen-bond acceptors (Lipinski definition) is 4. The molecule has 23 heavy (non-hydrogen) atoms. The SMILES string of the molecule is COc1ccc(C2=NCN=C2c2ccc(Cl)c(Cl)c2)cc1OC. The van der Waals surface area contributed by atoms with Crippen LogP contribution in [0.15, 0.2) is 46.4 Å². The minimum Gasteiger partial charge on any atom is -0.493 e. The Balaban J connectivity index is 2.00. The summed E-state index contributed by atoms with van der Waals surface area (Å²) in [7, 11) is 3.21. The van der Waals surface area contributed by atoms with Gasteiger partial charge in [0, 0.05) is 11.1 Å². The summed E-state index contributed by atoms with van der Waals surface area (Å²) < 4.78 is 10.6. The van der Waals surface area contributed by atoms with Crippen molar-refractivity contribution in [1.82, 2.24) is 0 Å². The standard InChI is InChI=1S/C17H14Cl2N2O2/c1-22-14-6-4-11(8-15(14)23-2)17-16(20-9-21-17)10-3-5-12(18)13(19)7-10/h3-8H,9H2,1-2H3. The largest absolute Gasteiger partial charge is 0.493 e. The molecule has 0 radical (unpaired) electrons. The second kappa shape index (κ2) is 6.60. The van der Waals surface area contributed by atoms with Gasteiger partial charge in [-0.05, 0) is 30.3 Å². The molecule has 0 aliphatic carbocycles. The second-order valence-corrected chi connectivity index (χ2v) is 5.67. The van der Waals surface area contributed by atoms with E-state index in [2.05, 4.69) is 9.98 Å². The third kappa shape index (κ3) is 3.05. The van der Waals surface area contributed by atoms with E-state index in [1.807, 2.05) is 24.3 Å². The minimum absolute atomic E-state index is 0.388. The fourth-order valence-corrected chi connectivity index (χ4v) is 2.71. The van der Waals surface area contributed by atoms with Crippen LogP contribution in [-0.4, -0.2) is 32.3 Å². The van der Waals surface area contributed by atoms with E-state index >= 15 is 0 Å². The lowest BCUT2D eigenvalue weighted by Gasteiger charge is -2.11. The van der Waals surface area contributed by atoms with Crippen LogP contribution in [0.5, 0.6) is 11.5 Å². The molecule has 1 heterocycles. The first-order valence-electron chi connectivity index (χ1n) is 6.91. The van der Waals surface area contributed by atoms with Crippen LogP contribution in [0.2, 0.25) is 10.0 Å². The van der Waals surface area contributed by atoms with E-state index in [1.165, 1.54) is 0 Å². The van der Waals surface area contributed by atoms with E-state index in [-0.39, 0.29) is 0 Å². The van der Waals surface area contributed by atoms with Crippen molar-refractivity contribution < 1.29 is 9.47 Å². The molecule has 2 aromatic rings. The third-order valence-electron chi connectivity index (χ3n) is 3.53. The number of aliphatic imine (C=N–C) groups is 2. The number of rotatable bonds is 4. The van der Waals surface area contributed by atoms with Gasteiger partial charge in [-0.2, -0.15) is 0 Å². The number of hydrogen-bond donors (Lipinski definition) is 0. The molecule has 0 aromatic heterocycles. The maximum atomic E-state index is 6.11. The summed E-state index contributed by atoms with van der Waals surface area (Å²) in [5, 5.41) is 1.00. The first kappa shape index (κ1) is 15.8. The summed E-state index contributed by atoms with van der Waals surface area (Å²) in [4.78, 5) is 8.96. The molecule has 4 nitrogen and oxygen atoms in total. The monoisotopic (exact) mass is 348 g/mol. The van der Waals surface area contributed by atoms with Gasteiger partial charge in [0.2, 0.25) is 0 Å². The molecule has 1 aliphatic rings. The van der Waals surface area contributed by atoms with Gasteiger partial charge in [-0.25, -0.2) is 0 Å². The summed E-state index contributed by atoms with van der Waals surface area (Å²) in [6, 6.07) is 11.1. The predicted molar refractivity (Wildman–Crippen MR) is 93.9 cm³/mol. The van der Waals surface area contributed by atoms with Crippen molar-refractivity contribution in [3.05, 3.63) is 57.6 Å². The topological polar surface area (TPSA) is 43.2 Å². The zero-order chi connectivity index (χ0) is 16.4. The smallest absolute Gasteiger partial charge is 0.161 e. The van der Waals surface area contributed by atoms with E-state index in [1.54, 1.807) is 26.4 Å². The van der Waals surface area contributed by atoms with Crippen LogP contribution >= 0.6 is 23.2 Å². The summed E-state index contributed by atoms with van der Waals surface area (Å²) in [6.45, 7) is 0.388. The molecule has 0 unspecified atom stereocenters. The minimum atomic E-state index is 0.388. The van der Waals surface area contributed by atoms with Crippen LogP contribution in [0.3, 0.4) is 0 Å². The van der Waals surface area contributed by atoms with Gasteiger partial charge in [0.1, 0.15) is 6.67 Å². The van der Waals surface area contributed by atoms with Crippen molar-refractivity contribution in [3.63, 3.8) is 0 Å². The van der Waals surface area contributed by atoms with Gasteiger partial charge in [-0.15, -0.1) is 0 Å². The molecular weight excluding hydrogens is 335 g/mol. The summed E-state index contributed by atoms with van der Waals surface area (Å²) in [5.74, 6) is 1.32. The first-order valence-corrected chi connectivity index (χ1v) is 7.66. The van der Waals surface area contributed by atoms with Crippen LogP contribution in [0.1, 0.15) is 11.1 Å². The lowest BCUT2D eigenvalue weighted by Crippen LogP contribution is -2.14. The number of benzene rings is 2. The molecule has 0 atom stereocenters. The van der Waals surface area contributed by atoms with Crippen LogP contribution < -0.4 is 9.47 Å². The maximum Gasteiger partial charge on any atom is 0.161 e. The number of halogens is 2. The van der Waals surface area contributed by atoms with Gasteiger partial charge >= 0.3 is 0 Å². The van der Waals surface area contributed by atoms with Gasteiger partial charge in [-0.1, -0.05) is 29.3 Å². The number of ether oxygens (including phenoxy) is 2. The molecule has 2 aromatic carbocycles. The van der Waals surface area contributed by atoms with Crippen LogP contribution in [0.4, 0.5) is 0 Å². The molecule has 118 valence electrons. The van der Waals surface area contributed by atoms with E-state index in [0.717, 1.165) is 22.6 Å². The molecule has 0 N–H and O–H groups in total. The van der Waals surface area contributed by atoms with Crippen molar-refractivity contribution in [2.75, 3.05) is 20.9 Å². The highest BCUT2D eigenvalue weighted by Crippen LogP contribution is 2.30. The van der Waals surface area contributed by atoms with Gasteiger partial charge in [0.25, 0.3) is 0 Å². The van der Waals surface area contributed by atoms with Gasteiger partial charge < -0.3 is 9.47 Å². The summed E-state index contributed by atoms with van der Waals surface area (Å²) in [5.41, 5.74) is 3.37. The lowest BCUT2D eigenvalue weighted by molar-refractivity contribution is 0.355. The molecule has 0 amide bonds. The molecular formula is C17H14Cl2N2O2. The van der Waals surface area contributed by atoms with Crippen LogP contribution in [0.25, 0.3) is 0 Å². The van der Waals surface area contributed by atoms with E-state index < -0.39 is 0 Å². The zero-order valence-corrected chi connectivity index (χ0v) is 14.1. The quantitative estimate of drug-likeness (QED) is 0.828. The summed E-state index contributed by atoms with van der Waals surface area (Å²) >= 11 is 12.1. The maximum absolute atomic E-state index is 6.11. The van der Waals surface area contributed by atoms with Gasteiger partial charge in [0.05, 0.1) is 35.7 Å². The Morgan fingerprint density at radius 2 is 1.39 bits per heavy atom. The Bertz CT molecular complexity index is 816. The third-order valence-corrected chi connectivity index (χ3v) is 4.27. The second-order valence-electron chi connectivity index (χ2n) is 4.85. The number of nitrogens with zero attached hydrogens (tertiary/aromatic N) is 2. The Kier molecular flexibility index (Phi) is 4.55. The predicted octanol–water partition coefficient (Wildman–Crippen LogP) is 4.26. The van der Waals surface area contributed by atoms with Crippen molar-refractivity contribution in [3.8, 4) is 11.5 Å². The molecule has 1 aliphatic heterocycles. The molecule has 6 heteroatoms. The molecule has 3 rings (SSSR count). The number of methoxy groups -OCH3 is 2. The van der Waals surface area contributed by atoms with E-state index in [9.17, 15) is 0 Å². The highest BCUT2D eigenvalue weighted by molar-refractivity contribution is 6.54. The van der Waals surface area contributed by atoms with E-state index in [4.69, 9.17) is 32.7 Å². The van der Waals surface area contributed by atoms with Gasteiger partial charge in [-0.3, -0.25) is 9.98 Å². The Labute approximate surface area is 144 Å². The highest BCUT2D eigenvalue weighted by atomic mass is 35.5. The van der Waals surface area contributed by atoms with Crippen molar-refractivity contribution in [2.45, 2.75) is 0 Å². The fourth-order valence-electron chi connectivity index (χ4n) is 2.41. The Morgan fingerprint density at radius 3 is 2.00 bits per heavy atom. The van der Waals surface area contributed by atoms with Crippen LogP contribution in [-0.2, 0) is 0 Å². The molecule has 0 saturated carbocycles. The highest BCUT2D eigenvalue weighted by Gasteiger charge is 2.20. The lowest BCUT2D eigenvalue weighted by atomic mass is 9.99.